The molecule has 2 N–H and O–H groups in total. The molecular weight excluding hydrogens is 549 g/mol. The zero-order valence-corrected chi connectivity index (χ0v) is 22.5. The fraction of sp³-hybridized carbons (Fsp3) is 0.107. The minimum Gasteiger partial charge on any atom is -0.355 e. The summed E-state index contributed by atoms with van der Waals surface area (Å²) in [6.45, 7) is 1.83. The molecule has 0 bridgehead atoms. The van der Waals surface area contributed by atoms with Gasteiger partial charge in [0.15, 0.2) is 5.82 Å². The molecule has 11 nitrogen and oxygen atoms in total. The van der Waals surface area contributed by atoms with Crippen molar-refractivity contribution in [2.45, 2.75) is 13.5 Å². The number of pyridine rings is 1. The molecule has 0 saturated heterocycles. The average Bonchev–Trinajstić information content (AvgIpc) is 3.61. The van der Waals surface area contributed by atoms with Crippen molar-refractivity contribution < 1.29 is 14.0 Å². The molecule has 13 heteroatoms. The first-order chi connectivity index (χ1) is 19.8. The molecule has 0 unspecified atom stereocenters. The van der Waals surface area contributed by atoms with Crippen molar-refractivity contribution in [3.8, 4) is 23.1 Å². The zero-order valence-electron chi connectivity index (χ0n) is 21.8. The largest absolute Gasteiger partial charge is 0.355 e. The minimum absolute atomic E-state index is 0.0890. The number of carbonyl (C=O) groups is 2. The van der Waals surface area contributed by atoms with Gasteiger partial charge in [-0.1, -0.05) is 16.8 Å². The fourth-order valence-corrected chi connectivity index (χ4v) is 4.37. The predicted molar refractivity (Wildman–Crippen MR) is 148 cm³/mol. The molecule has 41 heavy (non-hydrogen) atoms. The van der Waals surface area contributed by atoms with Crippen LogP contribution in [0.2, 0.25) is 5.02 Å². The topological polar surface area (TPSA) is 143 Å². The van der Waals surface area contributed by atoms with Crippen LogP contribution in [0.3, 0.4) is 0 Å². The number of nitriles is 1. The summed E-state index contributed by atoms with van der Waals surface area (Å²) in [5.74, 6) is -1.19. The quantitative estimate of drug-likeness (QED) is 0.299. The van der Waals surface area contributed by atoms with Crippen LogP contribution >= 0.6 is 11.6 Å². The molecule has 0 radical (unpaired) electrons. The molecule has 3 heterocycles. The highest BCUT2D eigenvalue weighted by atomic mass is 35.5. The van der Waals surface area contributed by atoms with E-state index >= 15 is 0 Å². The van der Waals surface area contributed by atoms with E-state index in [0.29, 0.717) is 22.5 Å². The molecule has 0 aliphatic rings. The Balaban J connectivity index is 1.51. The second kappa shape index (κ2) is 11.4. The molecule has 2 aromatic carbocycles. The van der Waals surface area contributed by atoms with Gasteiger partial charge in [0.2, 0.25) is 0 Å². The standard InChI is InChI=1S/C28H21ClFN9O2/c1-16-10-17(13-31)11-21(27(40)32-2)25(16)34-28(41)24-12-20(36-39(24)26-22(29)4-3-9-33-26)14-38-15-23(35-37-38)18-5-7-19(30)8-6-18/h3-12,15H,14H2,1-2H3,(H,32,40)(H,34,41). The van der Waals surface area contributed by atoms with Gasteiger partial charge in [0.25, 0.3) is 11.8 Å². The second-order valence-electron chi connectivity index (χ2n) is 8.91. The number of amides is 2. The van der Waals surface area contributed by atoms with Crippen LogP contribution in [-0.4, -0.2) is 48.6 Å². The molecule has 204 valence electrons. The summed E-state index contributed by atoms with van der Waals surface area (Å²) in [6.07, 6.45) is 3.20. The number of benzene rings is 2. The number of rotatable bonds is 7. The van der Waals surface area contributed by atoms with Crippen molar-refractivity contribution >= 4 is 29.1 Å². The van der Waals surface area contributed by atoms with Crippen molar-refractivity contribution in [2.24, 2.45) is 0 Å². The Morgan fingerprint density at radius 2 is 1.90 bits per heavy atom. The van der Waals surface area contributed by atoms with Crippen LogP contribution in [0, 0.1) is 24.1 Å². The molecular formula is C28H21ClFN9O2. The van der Waals surface area contributed by atoms with Gasteiger partial charge in [0.05, 0.1) is 46.3 Å². The van der Waals surface area contributed by atoms with Crippen LogP contribution in [0.25, 0.3) is 17.1 Å². The van der Waals surface area contributed by atoms with Gasteiger partial charge in [0, 0.05) is 18.8 Å². The van der Waals surface area contributed by atoms with Gasteiger partial charge in [-0.25, -0.2) is 18.7 Å². The number of hydrogen-bond acceptors (Lipinski definition) is 7. The Hall–Kier alpha value is -5.41. The average molecular weight is 570 g/mol. The molecule has 5 aromatic rings. The lowest BCUT2D eigenvalue weighted by Crippen LogP contribution is -2.24. The van der Waals surface area contributed by atoms with Gasteiger partial charge in [0.1, 0.15) is 17.2 Å². The van der Waals surface area contributed by atoms with Crippen LogP contribution in [0.1, 0.15) is 37.7 Å². The summed E-state index contributed by atoms with van der Waals surface area (Å²) >= 11 is 6.40. The van der Waals surface area contributed by atoms with E-state index in [1.54, 1.807) is 49.5 Å². The van der Waals surface area contributed by atoms with Crippen molar-refractivity contribution in [3.05, 3.63) is 106 Å². The third kappa shape index (κ3) is 5.66. The highest BCUT2D eigenvalue weighted by molar-refractivity contribution is 6.32. The second-order valence-corrected chi connectivity index (χ2v) is 9.32. The van der Waals surface area contributed by atoms with Crippen LogP contribution in [0.5, 0.6) is 0 Å². The van der Waals surface area contributed by atoms with Gasteiger partial charge in [-0.05, 0) is 67.1 Å². The summed E-state index contributed by atoms with van der Waals surface area (Å²) < 4.78 is 16.1. The van der Waals surface area contributed by atoms with E-state index < -0.39 is 11.8 Å². The lowest BCUT2D eigenvalue weighted by molar-refractivity contribution is 0.0964. The van der Waals surface area contributed by atoms with Gasteiger partial charge in [-0.2, -0.15) is 10.4 Å². The Morgan fingerprint density at radius 3 is 2.61 bits per heavy atom. The van der Waals surface area contributed by atoms with Gasteiger partial charge in [-0.3, -0.25) is 9.59 Å². The summed E-state index contributed by atoms with van der Waals surface area (Å²) in [4.78, 5) is 30.5. The first-order valence-electron chi connectivity index (χ1n) is 12.2. The highest BCUT2D eigenvalue weighted by Crippen LogP contribution is 2.26. The van der Waals surface area contributed by atoms with E-state index in [1.807, 2.05) is 6.07 Å². The molecule has 0 spiro atoms. The van der Waals surface area contributed by atoms with Crippen molar-refractivity contribution in [1.29, 1.82) is 5.26 Å². The Labute approximate surface area is 238 Å². The molecule has 3 aromatic heterocycles. The van der Waals surface area contributed by atoms with E-state index in [4.69, 9.17) is 11.6 Å². The normalized spacial score (nSPS) is 10.7. The molecule has 0 fully saturated rings. The van der Waals surface area contributed by atoms with Crippen LogP contribution < -0.4 is 10.6 Å². The molecule has 0 aliphatic carbocycles. The van der Waals surface area contributed by atoms with E-state index in [0.717, 1.165) is 0 Å². The van der Waals surface area contributed by atoms with Gasteiger partial charge < -0.3 is 10.6 Å². The smallest absolute Gasteiger partial charge is 0.274 e. The molecule has 0 aliphatic heterocycles. The molecule has 0 atom stereocenters. The molecule has 0 saturated carbocycles. The third-order valence-electron chi connectivity index (χ3n) is 6.11. The molecule has 5 rings (SSSR count). The number of nitrogens with one attached hydrogen (secondary N) is 2. The Morgan fingerprint density at radius 1 is 1.12 bits per heavy atom. The monoisotopic (exact) mass is 569 g/mol. The number of carbonyl (C=O) groups excluding carboxylic acids is 2. The van der Waals surface area contributed by atoms with Crippen LogP contribution in [0.4, 0.5) is 10.1 Å². The number of aromatic nitrogens is 6. The van der Waals surface area contributed by atoms with Crippen molar-refractivity contribution in [1.82, 2.24) is 35.1 Å². The fourth-order valence-electron chi connectivity index (χ4n) is 4.17. The van der Waals surface area contributed by atoms with Gasteiger partial charge in [-0.15, -0.1) is 5.10 Å². The number of halogens is 2. The highest BCUT2D eigenvalue weighted by Gasteiger charge is 2.23. The summed E-state index contributed by atoms with van der Waals surface area (Å²) in [5, 5.41) is 27.8. The van der Waals surface area contributed by atoms with E-state index in [9.17, 15) is 19.2 Å². The number of aryl methyl sites for hydroxylation is 1. The first-order valence-corrected chi connectivity index (χ1v) is 12.6. The maximum absolute atomic E-state index is 13.7. The van der Waals surface area contributed by atoms with E-state index in [2.05, 4.69) is 31.0 Å². The number of nitrogens with zero attached hydrogens (tertiary/aromatic N) is 7. The predicted octanol–water partition coefficient (Wildman–Crippen LogP) is 4.16. The maximum Gasteiger partial charge on any atom is 0.274 e. The van der Waals surface area contributed by atoms with Crippen LogP contribution in [-0.2, 0) is 6.54 Å². The van der Waals surface area contributed by atoms with E-state index in [-0.39, 0.29) is 45.7 Å². The minimum atomic E-state index is -0.589. The van der Waals surface area contributed by atoms with Gasteiger partial charge >= 0.3 is 0 Å². The Kier molecular flexibility index (Phi) is 7.53. The first kappa shape index (κ1) is 27.2. The van der Waals surface area contributed by atoms with Crippen molar-refractivity contribution in [2.75, 3.05) is 12.4 Å². The molecule has 2 amide bonds. The van der Waals surface area contributed by atoms with Crippen molar-refractivity contribution in [3.63, 3.8) is 0 Å². The SMILES string of the molecule is CNC(=O)c1cc(C#N)cc(C)c1NC(=O)c1cc(Cn2cc(-c3ccc(F)cc3)nn2)nn1-c1ncccc1Cl. The van der Waals surface area contributed by atoms with Crippen LogP contribution in [0.15, 0.2) is 67.0 Å². The Bertz CT molecular complexity index is 1820. The summed E-state index contributed by atoms with van der Waals surface area (Å²) in [6, 6.07) is 15.7. The summed E-state index contributed by atoms with van der Waals surface area (Å²) in [7, 11) is 1.46. The summed E-state index contributed by atoms with van der Waals surface area (Å²) in [5.41, 5.74) is 2.93. The van der Waals surface area contributed by atoms with E-state index in [1.165, 1.54) is 40.8 Å². The lowest BCUT2D eigenvalue weighted by atomic mass is 10.0. The maximum atomic E-state index is 13.7. The third-order valence-corrected chi connectivity index (χ3v) is 6.40. The zero-order chi connectivity index (χ0) is 29.1. The lowest BCUT2D eigenvalue weighted by Gasteiger charge is -2.14. The number of hydrogen-bond donors (Lipinski definition) is 2. The number of anilines is 1.